The molecule has 2 aliphatic rings. The van der Waals surface area contributed by atoms with Crippen LogP contribution < -0.4 is 5.32 Å². The molecule has 0 spiro atoms. The van der Waals surface area contributed by atoms with Gasteiger partial charge in [0, 0.05) is 43.8 Å². The van der Waals surface area contributed by atoms with Crippen molar-refractivity contribution < 1.29 is 14.0 Å². The van der Waals surface area contributed by atoms with E-state index >= 15 is 0 Å². The van der Waals surface area contributed by atoms with Crippen molar-refractivity contribution >= 4 is 11.8 Å². The molecule has 2 fully saturated rings. The average molecular weight is 424 g/mol. The van der Waals surface area contributed by atoms with Gasteiger partial charge >= 0.3 is 0 Å². The van der Waals surface area contributed by atoms with Crippen LogP contribution in [-0.2, 0) is 4.79 Å². The van der Waals surface area contributed by atoms with E-state index in [1.165, 1.54) is 29.8 Å². The molecular formula is C25H30FN3O2. The first-order valence-corrected chi connectivity index (χ1v) is 11.2. The lowest BCUT2D eigenvalue weighted by Crippen LogP contribution is -2.48. The monoisotopic (exact) mass is 423 g/mol. The van der Waals surface area contributed by atoms with Crippen LogP contribution in [0.5, 0.6) is 0 Å². The number of carbonyl (C=O) groups excluding carboxylic acids is 2. The zero-order valence-electron chi connectivity index (χ0n) is 18.0. The Hall–Kier alpha value is -2.73. The van der Waals surface area contributed by atoms with Crippen molar-refractivity contribution in [2.75, 3.05) is 26.2 Å². The predicted molar refractivity (Wildman–Crippen MR) is 118 cm³/mol. The Morgan fingerprint density at radius 1 is 1.00 bits per heavy atom. The number of nitrogens with one attached hydrogen (secondary N) is 1. The lowest BCUT2D eigenvalue weighted by molar-refractivity contribution is -0.127. The van der Waals surface area contributed by atoms with Gasteiger partial charge in [0.2, 0.25) is 5.91 Å². The van der Waals surface area contributed by atoms with Crippen molar-refractivity contribution in [3.8, 4) is 0 Å². The summed E-state index contributed by atoms with van der Waals surface area (Å²) in [5.41, 5.74) is 1.75. The van der Waals surface area contributed by atoms with Crippen LogP contribution in [0, 0.1) is 11.7 Å². The number of rotatable bonds is 5. The van der Waals surface area contributed by atoms with Gasteiger partial charge in [0.05, 0.1) is 5.92 Å². The fraction of sp³-hybridized carbons (Fsp3) is 0.440. The van der Waals surface area contributed by atoms with Crippen LogP contribution in [0.3, 0.4) is 0 Å². The average Bonchev–Trinajstić information content (AvgIpc) is 3.27. The van der Waals surface area contributed by atoms with E-state index in [1.54, 1.807) is 4.90 Å². The van der Waals surface area contributed by atoms with Crippen LogP contribution >= 0.6 is 0 Å². The number of amides is 2. The van der Waals surface area contributed by atoms with Crippen molar-refractivity contribution in [1.82, 2.24) is 15.1 Å². The Kier molecular flexibility index (Phi) is 6.66. The summed E-state index contributed by atoms with van der Waals surface area (Å²) >= 11 is 0. The molecular weight excluding hydrogens is 393 g/mol. The van der Waals surface area contributed by atoms with E-state index in [1.807, 2.05) is 6.07 Å². The summed E-state index contributed by atoms with van der Waals surface area (Å²) in [6.45, 7) is 5.05. The Morgan fingerprint density at radius 3 is 2.48 bits per heavy atom. The van der Waals surface area contributed by atoms with Gasteiger partial charge < -0.3 is 10.2 Å². The van der Waals surface area contributed by atoms with E-state index in [-0.39, 0.29) is 29.6 Å². The zero-order chi connectivity index (χ0) is 21.8. The minimum atomic E-state index is -0.361. The lowest BCUT2D eigenvalue weighted by atomic mass is 9.96. The molecule has 2 aromatic rings. The molecule has 0 aliphatic carbocycles. The number of benzene rings is 2. The van der Waals surface area contributed by atoms with Crippen molar-refractivity contribution in [3.05, 3.63) is 71.5 Å². The van der Waals surface area contributed by atoms with E-state index < -0.39 is 0 Å². The van der Waals surface area contributed by atoms with Crippen molar-refractivity contribution in [1.29, 1.82) is 0 Å². The van der Waals surface area contributed by atoms with Crippen molar-refractivity contribution in [3.63, 3.8) is 0 Å². The molecule has 2 saturated heterocycles. The molecule has 2 amide bonds. The number of piperidine rings is 1. The number of nitrogens with zero attached hydrogens (tertiary/aromatic N) is 2. The highest BCUT2D eigenvalue weighted by molar-refractivity contribution is 5.94. The summed E-state index contributed by atoms with van der Waals surface area (Å²) in [7, 11) is 0. The largest absolute Gasteiger partial charge is 0.352 e. The van der Waals surface area contributed by atoms with E-state index in [0.717, 1.165) is 32.4 Å². The van der Waals surface area contributed by atoms with Crippen LogP contribution in [0.15, 0.2) is 54.6 Å². The standard InChI is InChI=1S/C25H30FN3O2/c1-18(19-6-3-2-4-7-19)28-15-13-23(17-28)27-24(30)21-8-5-14-29(16-21)25(31)20-9-11-22(26)12-10-20/h2-4,6-7,9-12,18,21,23H,5,8,13-17H2,1H3,(H,27,30). The van der Waals surface area contributed by atoms with Crippen LogP contribution in [0.25, 0.3) is 0 Å². The SMILES string of the molecule is CC(c1ccccc1)N1CCC(NC(=O)C2CCCN(C(=O)c3ccc(F)cc3)C2)C1. The number of halogens is 1. The van der Waals surface area contributed by atoms with Gasteiger partial charge in [-0.25, -0.2) is 4.39 Å². The number of hydrogen-bond acceptors (Lipinski definition) is 3. The van der Waals surface area contributed by atoms with Crippen LogP contribution in [0.2, 0.25) is 0 Å². The molecule has 4 rings (SSSR count). The van der Waals surface area contributed by atoms with Crippen molar-refractivity contribution in [2.24, 2.45) is 5.92 Å². The fourth-order valence-electron chi connectivity index (χ4n) is 4.67. The minimum Gasteiger partial charge on any atom is -0.352 e. The van der Waals surface area contributed by atoms with Crippen molar-refractivity contribution in [2.45, 2.75) is 38.3 Å². The molecule has 1 N–H and O–H groups in total. The number of carbonyl (C=O) groups is 2. The first-order chi connectivity index (χ1) is 15.0. The molecule has 6 heteroatoms. The maximum Gasteiger partial charge on any atom is 0.253 e. The van der Waals surface area contributed by atoms with Gasteiger partial charge in [0.1, 0.15) is 5.82 Å². The lowest BCUT2D eigenvalue weighted by Gasteiger charge is -2.33. The maximum atomic E-state index is 13.1. The molecule has 0 radical (unpaired) electrons. The highest BCUT2D eigenvalue weighted by atomic mass is 19.1. The number of hydrogen-bond donors (Lipinski definition) is 1. The van der Waals surface area contributed by atoms with Crippen LogP contribution in [-0.4, -0.2) is 53.8 Å². The molecule has 0 bridgehead atoms. The summed E-state index contributed by atoms with van der Waals surface area (Å²) in [5.74, 6) is -0.657. The molecule has 0 aromatic heterocycles. The summed E-state index contributed by atoms with van der Waals surface area (Å²) in [5, 5.41) is 3.22. The van der Waals surface area contributed by atoms with Gasteiger partial charge in [-0.2, -0.15) is 0 Å². The van der Waals surface area contributed by atoms with Gasteiger partial charge in [-0.3, -0.25) is 14.5 Å². The van der Waals surface area contributed by atoms with E-state index in [0.29, 0.717) is 24.7 Å². The highest BCUT2D eigenvalue weighted by Gasteiger charge is 2.32. The Bertz CT molecular complexity index is 903. The fourth-order valence-corrected chi connectivity index (χ4v) is 4.67. The normalized spacial score (nSPS) is 22.8. The Labute approximate surface area is 183 Å². The first kappa shape index (κ1) is 21.5. The second-order valence-corrected chi connectivity index (χ2v) is 8.67. The first-order valence-electron chi connectivity index (χ1n) is 11.2. The molecule has 2 heterocycles. The second-order valence-electron chi connectivity index (χ2n) is 8.67. The Balaban J connectivity index is 1.30. The molecule has 31 heavy (non-hydrogen) atoms. The van der Waals surface area contributed by atoms with Crippen LogP contribution in [0.1, 0.15) is 48.1 Å². The third-order valence-corrected chi connectivity index (χ3v) is 6.57. The number of likely N-dealkylation sites (tertiary alicyclic amines) is 2. The molecule has 3 atom stereocenters. The summed E-state index contributed by atoms with van der Waals surface area (Å²) in [6, 6.07) is 16.5. The van der Waals surface area contributed by atoms with E-state index in [9.17, 15) is 14.0 Å². The quantitative estimate of drug-likeness (QED) is 0.799. The molecule has 2 aliphatic heterocycles. The maximum absolute atomic E-state index is 13.1. The van der Waals surface area contributed by atoms with E-state index in [2.05, 4.69) is 41.4 Å². The topological polar surface area (TPSA) is 52.7 Å². The van der Waals surface area contributed by atoms with Gasteiger partial charge in [0.15, 0.2) is 0 Å². The van der Waals surface area contributed by atoms with Gasteiger partial charge in [0.25, 0.3) is 5.91 Å². The predicted octanol–water partition coefficient (Wildman–Crippen LogP) is 3.63. The second kappa shape index (κ2) is 9.60. The highest BCUT2D eigenvalue weighted by Crippen LogP contribution is 2.25. The Morgan fingerprint density at radius 2 is 1.74 bits per heavy atom. The smallest absolute Gasteiger partial charge is 0.253 e. The summed E-state index contributed by atoms with van der Waals surface area (Å²) in [6.07, 6.45) is 2.52. The summed E-state index contributed by atoms with van der Waals surface area (Å²) < 4.78 is 13.1. The van der Waals surface area contributed by atoms with E-state index in [4.69, 9.17) is 0 Å². The molecule has 0 saturated carbocycles. The zero-order valence-corrected chi connectivity index (χ0v) is 18.0. The minimum absolute atomic E-state index is 0.0378. The third kappa shape index (κ3) is 5.13. The van der Waals surface area contributed by atoms with Gasteiger partial charge in [-0.1, -0.05) is 30.3 Å². The molecule has 3 unspecified atom stereocenters. The summed E-state index contributed by atoms with van der Waals surface area (Å²) in [4.78, 5) is 29.8. The van der Waals surface area contributed by atoms with Crippen LogP contribution in [0.4, 0.5) is 4.39 Å². The van der Waals surface area contributed by atoms with Gasteiger partial charge in [-0.15, -0.1) is 0 Å². The molecule has 5 nitrogen and oxygen atoms in total. The molecule has 2 aromatic carbocycles. The van der Waals surface area contributed by atoms with Gasteiger partial charge in [-0.05, 0) is 56.0 Å². The third-order valence-electron chi connectivity index (χ3n) is 6.57. The molecule has 164 valence electrons.